The Morgan fingerprint density at radius 3 is 2.51 bits per heavy atom. The number of benzene rings is 1. The number of hydrogen-bond donors (Lipinski definition) is 0. The van der Waals surface area contributed by atoms with Crippen LogP contribution in [0, 0.1) is 5.82 Å². The van der Waals surface area contributed by atoms with E-state index in [9.17, 15) is 14.0 Å². The van der Waals surface area contributed by atoms with Gasteiger partial charge in [-0.3, -0.25) is 9.59 Å². The zero-order chi connectivity index (χ0) is 25.0. The predicted octanol–water partition coefficient (Wildman–Crippen LogP) is 5.00. The topological polar surface area (TPSA) is 54.8 Å². The highest BCUT2D eigenvalue weighted by atomic mass is 19.1. The maximum Gasteiger partial charge on any atom is 0.242 e. The summed E-state index contributed by atoms with van der Waals surface area (Å²) in [5.41, 5.74) is 2.05. The van der Waals surface area contributed by atoms with Gasteiger partial charge in [0.25, 0.3) is 0 Å². The van der Waals surface area contributed by atoms with Crippen LogP contribution < -0.4 is 0 Å². The molecular formula is C28H40FN3O3. The molecule has 1 aliphatic carbocycles. The molecule has 192 valence electrons. The van der Waals surface area contributed by atoms with Crippen molar-refractivity contribution in [2.45, 2.75) is 77.4 Å². The molecule has 6 nitrogen and oxygen atoms in total. The van der Waals surface area contributed by atoms with Gasteiger partial charge in [0.15, 0.2) is 0 Å². The number of hydrogen-bond acceptors (Lipinski definition) is 3. The Hall–Kier alpha value is -2.67. The molecule has 0 radical (unpaired) electrons. The van der Waals surface area contributed by atoms with Gasteiger partial charge >= 0.3 is 0 Å². The highest BCUT2D eigenvalue weighted by molar-refractivity contribution is 5.85. The van der Waals surface area contributed by atoms with E-state index < -0.39 is 0 Å². The summed E-state index contributed by atoms with van der Waals surface area (Å²) in [6.07, 6.45) is 9.37. The lowest BCUT2D eigenvalue weighted by Crippen LogP contribution is -2.47. The molecule has 0 saturated heterocycles. The number of halogens is 1. The van der Waals surface area contributed by atoms with E-state index >= 15 is 0 Å². The third kappa shape index (κ3) is 8.20. The number of carbonyl (C=O) groups is 2. The second kappa shape index (κ2) is 14.0. The highest BCUT2D eigenvalue weighted by Crippen LogP contribution is 2.25. The van der Waals surface area contributed by atoms with Crippen LogP contribution in [0.1, 0.15) is 69.5 Å². The molecule has 0 unspecified atom stereocenters. The Kier molecular flexibility index (Phi) is 10.8. The summed E-state index contributed by atoms with van der Waals surface area (Å²) in [5.74, 6) is -0.211. The summed E-state index contributed by atoms with van der Waals surface area (Å²) in [5, 5.41) is 0. The number of ether oxygens (including phenoxy) is 1. The standard InChI is InChI=1S/C28H40FN3O3/c1-3-9-27(33)31(18-8-19-35-2)22-28(34)32(25-10-5-4-6-11-25)21-26-12-7-17-30(26)20-23-13-15-24(29)16-14-23/h7,12-17,25H,3-6,8-11,18-22H2,1-2H3. The molecule has 35 heavy (non-hydrogen) atoms. The second-order valence-electron chi connectivity index (χ2n) is 9.48. The van der Waals surface area contributed by atoms with E-state index in [0.29, 0.717) is 39.1 Å². The fourth-order valence-corrected chi connectivity index (χ4v) is 4.84. The fourth-order valence-electron chi connectivity index (χ4n) is 4.84. The van der Waals surface area contributed by atoms with E-state index in [1.165, 1.54) is 18.6 Å². The molecular weight excluding hydrogens is 445 g/mol. The summed E-state index contributed by atoms with van der Waals surface area (Å²) in [4.78, 5) is 30.1. The molecule has 0 N–H and O–H groups in total. The molecule has 1 aromatic heterocycles. The Morgan fingerprint density at radius 2 is 1.83 bits per heavy atom. The molecule has 1 aromatic carbocycles. The molecule has 2 aromatic rings. The van der Waals surface area contributed by atoms with Crippen molar-refractivity contribution < 1.29 is 18.7 Å². The average molecular weight is 486 g/mol. The van der Waals surface area contributed by atoms with E-state index in [1.807, 2.05) is 30.2 Å². The lowest BCUT2D eigenvalue weighted by atomic mass is 9.94. The van der Waals surface area contributed by atoms with Gasteiger partial charge in [0, 0.05) is 51.2 Å². The van der Waals surface area contributed by atoms with Crippen LogP contribution >= 0.6 is 0 Å². The van der Waals surface area contributed by atoms with Gasteiger partial charge in [0.05, 0.1) is 13.1 Å². The first-order valence-corrected chi connectivity index (χ1v) is 13.0. The van der Waals surface area contributed by atoms with Crippen molar-refractivity contribution in [3.05, 3.63) is 59.7 Å². The molecule has 0 spiro atoms. The van der Waals surface area contributed by atoms with E-state index in [2.05, 4.69) is 4.57 Å². The van der Waals surface area contributed by atoms with Crippen molar-refractivity contribution in [2.75, 3.05) is 26.8 Å². The quantitative estimate of drug-likeness (QED) is 0.375. The lowest BCUT2D eigenvalue weighted by molar-refractivity contribution is -0.143. The Morgan fingerprint density at radius 1 is 1.09 bits per heavy atom. The molecule has 1 aliphatic rings. The molecule has 0 atom stereocenters. The molecule has 0 bridgehead atoms. The summed E-state index contributed by atoms with van der Waals surface area (Å²) in [6.45, 7) is 4.30. The van der Waals surface area contributed by atoms with Crippen LogP contribution in [0.2, 0.25) is 0 Å². The van der Waals surface area contributed by atoms with E-state index in [4.69, 9.17) is 4.74 Å². The van der Waals surface area contributed by atoms with E-state index in [1.54, 1.807) is 24.1 Å². The van der Waals surface area contributed by atoms with Crippen LogP contribution in [0.25, 0.3) is 0 Å². The van der Waals surface area contributed by atoms with Crippen molar-refractivity contribution in [2.24, 2.45) is 0 Å². The highest BCUT2D eigenvalue weighted by Gasteiger charge is 2.28. The zero-order valence-electron chi connectivity index (χ0n) is 21.3. The molecule has 1 fully saturated rings. The molecule has 2 amide bonds. The van der Waals surface area contributed by atoms with Crippen LogP contribution in [0.15, 0.2) is 42.6 Å². The molecule has 1 saturated carbocycles. The van der Waals surface area contributed by atoms with Crippen molar-refractivity contribution in [3.63, 3.8) is 0 Å². The Balaban J connectivity index is 1.76. The number of aromatic nitrogens is 1. The maximum atomic E-state index is 13.7. The van der Waals surface area contributed by atoms with Gasteiger partial charge in [0.1, 0.15) is 5.82 Å². The largest absolute Gasteiger partial charge is 0.385 e. The molecule has 0 aliphatic heterocycles. The van der Waals surface area contributed by atoms with Crippen LogP contribution in [-0.2, 0) is 27.4 Å². The van der Waals surface area contributed by atoms with Gasteiger partial charge in [0.2, 0.25) is 11.8 Å². The second-order valence-corrected chi connectivity index (χ2v) is 9.48. The summed E-state index contributed by atoms with van der Waals surface area (Å²) >= 11 is 0. The minimum atomic E-state index is -0.247. The Labute approximate surface area is 209 Å². The van der Waals surface area contributed by atoms with Crippen molar-refractivity contribution in [1.82, 2.24) is 14.4 Å². The van der Waals surface area contributed by atoms with E-state index in [-0.39, 0.29) is 30.2 Å². The molecule has 3 rings (SSSR count). The first-order chi connectivity index (χ1) is 17.0. The van der Waals surface area contributed by atoms with Gasteiger partial charge in [-0.15, -0.1) is 0 Å². The number of methoxy groups -OCH3 is 1. The summed E-state index contributed by atoms with van der Waals surface area (Å²) in [6, 6.07) is 10.8. The minimum Gasteiger partial charge on any atom is -0.385 e. The first kappa shape index (κ1) is 26.9. The van der Waals surface area contributed by atoms with Crippen molar-refractivity contribution in [3.8, 4) is 0 Å². The van der Waals surface area contributed by atoms with Crippen LogP contribution in [0.5, 0.6) is 0 Å². The predicted molar refractivity (Wildman–Crippen MR) is 135 cm³/mol. The normalized spacial score (nSPS) is 14.1. The number of amides is 2. The van der Waals surface area contributed by atoms with Gasteiger partial charge < -0.3 is 19.1 Å². The smallest absolute Gasteiger partial charge is 0.242 e. The van der Waals surface area contributed by atoms with E-state index in [0.717, 1.165) is 43.4 Å². The minimum absolute atomic E-state index is 0.00769. The average Bonchev–Trinajstić information content (AvgIpc) is 3.30. The monoisotopic (exact) mass is 485 g/mol. The number of rotatable bonds is 13. The number of carbonyl (C=O) groups excluding carboxylic acids is 2. The molecule has 1 heterocycles. The lowest BCUT2D eigenvalue weighted by Gasteiger charge is -2.36. The van der Waals surface area contributed by atoms with Gasteiger partial charge in [-0.1, -0.05) is 38.3 Å². The zero-order valence-corrected chi connectivity index (χ0v) is 21.3. The summed E-state index contributed by atoms with van der Waals surface area (Å²) in [7, 11) is 1.65. The van der Waals surface area contributed by atoms with Crippen molar-refractivity contribution in [1.29, 1.82) is 0 Å². The third-order valence-electron chi connectivity index (χ3n) is 6.78. The molecule has 7 heteroatoms. The fraction of sp³-hybridized carbons (Fsp3) is 0.571. The first-order valence-electron chi connectivity index (χ1n) is 13.0. The van der Waals surface area contributed by atoms with Crippen LogP contribution in [0.3, 0.4) is 0 Å². The Bertz CT molecular complexity index is 922. The van der Waals surface area contributed by atoms with Crippen LogP contribution in [0.4, 0.5) is 4.39 Å². The summed E-state index contributed by atoms with van der Waals surface area (Å²) < 4.78 is 20.6. The third-order valence-corrected chi connectivity index (χ3v) is 6.78. The maximum absolute atomic E-state index is 13.7. The van der Waals surface area contributed by atoms with Gasteiger partial charge in [-0.25, -0.2) is 4.39 Å². The van der Waals surface area contributed by atoms with Crippen LogP contribution in [-0.4, -0.2) is 59.0 Å². The van der Waals surface area contributed by atoms with Crippen molar-refractivity contribution >= 4 is 11.8 Å². The SMILES string of the molecule is CCCC(=O)N(CCCOC)CC(=O)N(Cc1cccn1Cc1ccc(F)cc1)C1CCCCC1. The van der Waals surface area contributed by atoms with Gasteiger partial charge in [-0.05, 0) is 55.5 Å². The van der Waals surface area contributed by atoms with Gasteiger partial charge in [-0.2, -0.15) is 0 Å². The number of nitrogens with zero attached hydrogens (tertiary/aromatic N) is 3.